The number of aliphatic hydroxyl groups is 1. The largest absolute Gasteiger partial charge is 0.458 e. The first-order valence-electron chi connectivity index (χ1n) is 8.89. The van der Waals surface area contributed by atoms with Crippen molar-refractivity contribution in [2.75, 3.05) is 0 Å². The van der Waals surface area contributed by atoms with Crippen LogP contribution in [0.1, 0.15) is 23.0 Å². The van der Waals surface area contributed by atoms with Gasteiger partial charge in [0.25, 0.3) is 0 Å². The molecule has 150 valence electrons. The van der Waals surface area contributed by atoms with E-state index >= 15 is 0 Å². The summed E-state index contributed by atoms with van der Waals surface area (Å²) >= 11 is 0. The van der Waals surface area contributed by atoms with E-state index in [4.69, 9.17) is 19.6 Å². The van der Waals surface area contributed by atoms with Crippen molar-refractivity contribution < 1.29 is 23.4 Å². The van der Waals surface area contributed by atoms with Crippen LogP contribution >= 0.6 is 0 Å². The standard InChI is InChI=1S/C22H15FN2O5/c23-16-8-12(6-7-18(16)28-13-4-2-1-3-5-13)19-15(10-24)22(25)30-20-17(27)9-14(11-26)29-21(19)20/h1-9,19,26H,11,25H2/t19-/m0/s1. The van der Waals surface area contributed by atoms with Crippen molar-refractivity contribution in [1.82, 2.24) is 0 Å². The molecule has 0 bridgehead atoms. The number of hydrogen-bond donors (Lipinski definition) is 2. The number of ether oxygens (including phenoxy) is 2. The summed E-state index contributed by atoms with van der Waals surface area (Å²) < 4.78 is 31.2. The Labute approximate surface area is 170 Å². The first-order chi connectivity index (χ1) is 14.5. The van der Waals surface area contributed by atoms with Crippen molar-refractivity contribution in [3.05, 3.63) is 99.2 Å². The van der Waals surface area contributed by atoms with Gasteiger partial charge in [-0.1, -0.05) is 24.3 Å². The van der Waals surface area contributed by atoms with Crippen molar-refractivity contribution in [2.45, 2.75) is 12.5 Å². The maximum atomic E-state index is 14.8. The number of nitriles is 1. The van der Waals surface area contributed by atoms with E-state index in [1.54, 1.807) is 24.3 Å². The van der Waals surface area contributed by atoms with Crippen LogP contribution in [0.15, 0.2) is 75.3 Å². The Morgan fingerprint density at radius 2 is 1.97 bits per heavy atom. The lowest BCUT2D eigenvalue weighted by Crippen LogP contribution is -2.25. The SMILES string of the molecule is N#CC1=C(N)Oc2c(oc(CO)cc2=O)[C@H]1c1ccc(Oc2ccccc2)c(F)c1. The van der Waals surface area contributed by atoms with Gasteiger partial charge in [-0.05, 0) is 29.8 Å². The molecule has 0 saturated heterocycles. The molecular weight excluding hydrogens is 391 g/mol. The van der Waals surface area contributed by atoms with Crippen LogP contribution in [-0.2, 0) is 6.61 Å². The van der Waals surface area contributed by atoms with Gasteiger partial charge in [-0.3, -0.25) is 4.79 Å². The highest BCUT2D eigenvalue weighted by molar-refractivity contribution is 5.53. The molecule has 0 aliphatic carbocycles. The molecule has 8 heteroatoms. The van der Waals surface area contributed by atoms with E-state index < -0.39 is 23.8 Å². The molecule has 0 amide bonds. The Balaban J connectivity index is 1.81. The lowest BCUT2D eigenvalue weighted by Gasteiger charge is -2.25. The number of allylic oxidation sites excluding steroid dienone is 1. The van der Waals surface area contributed by atoms with E-state index in [0.717, 1.165) is 6.07 Å². The van der Waals surface area contributed by atoms with Gasteiger partial charge >= 0.3 is 0 Å². The monoisotopic (exact) mass is 406 g/mol. The topological polar surface area (TPSA) is 119 Å². The van der Waals surface area contributed by atoms with Gasteiger partial charge in [-0.2, -0.15) is 5.26 Å². The summed E-state index contributed by atoms with van der Waals surface area (Å²) in [6.07, 6.45) is 0. The van der Waals surface area contributed by atoms with Crippen molar-refractivity contribution in [3.8, 4) is 23.3 Å². The molecule has 2 heterocycles. The maximum absolute atomic E-state index is 14.8. The zero-order chi connectivity index (χ0) is 21.3. The van der Waals surface area contributed by atoms with Gasteiger partial charge in [0, 0.05) is 6.07 Å². The third kappa shape index (κ3) is 3.38. The van der Waals surface area contributed by atoms with Crippen LogP contribution in [0.3, 0.4) is 0 Å². The summed E-state index contributed by atoms with van der Waals surface area (Å²) in [5, 5.41) is 18.9. The average molecular weight is 406 g/mol. The minimum atomic E-state index is -0.988. The summed E-state index contributed by atoms with van der Waals surface area (Å²) in [6.45, 7) is -0.533. The normalized spacial score (nSPS) is 15.2. The number of nitrogens with zero attached hydrogens (tertiary/aromatic N) is 1. The molecule has 30 heavy (non-hydrogen) atoms. The first kappa shape index (κ1) is 19.2. The predicted octanol–water partition coefficient (Wildman–Crippen LogP) is 3.28. The van der Waals surface area contributed by atoms with Crippen LogP contribution in [-0.4, -0.2) is 5.11 Å². The molecule has 3 N–H and O–H groups in total. The predicted molar refractivity (Wildman–Crippen MR) is 103 cm³/mol. The van der Waals surface area contributed by atoms with Crippen LogP contribution in [0.2, 0.25) is 0 Å². The van der Waals surface area contributed by atoms with Crippen LogP contribution in [0.25, 0.3) is 0 Å². The smallest absolute Gasteiger partial charge is 0.228 e. The molecule has 0 unspecified atom stereocenters. The van der Waals surface area contributed by atoms with Crippen LogP contribution < -0.4 is 20.6 Å². The molecule has 3 aromatic rings. The molecule has 1 aliphatic heterocycles. The summed E-state index contributed by atoms with van der Waals surface area (Å²) in [6, 6.07) is 15.8. The lowest BCUT2D eigenvalue weighted by atomic mass is 9.87. The summed E-state index contributed by atoms with van der Waals surface area (Å²) in [5.41, 5.74) is 5.51. The van der Waals surface area contributed by atoms with Crippen molar-refractivity contribution >= 4 is 0 Å². The lowest BCUT2D eigenvalue weighted by molar-refractivity contribution is 0.231. The third-order valence-corrected chi connectivity index (χ3v) is 4.55. The minimum Gasteiger partial charge on any atom is -0.458 e. The number of halogens is 1. The van der Waals surface area contributed by atoms with Gasteiger partial charge in [-0.25, -0.2) is 4.39 Å². The van der Waals surface area contributed by atoms with E-state index in [1.165, 1.54) is 18.2 Å². The summed E-state index contributed by atoms with van der Waals surface area (Å²) in [4.78, 5) is 12.3. The van der Waals surface area contributed by atoms with E-state index in [0.29, 0.717) is 11.3 Å². The van der Waals surface area contributed by atoms with Crippen molar-refractivity contribution in [1.29, 1.82) is 5.26 Å². The molecule has 0 saturated carbocycles. The van der Waals surface area contributed by atoms with E-state index in [2.05, 4.69) is 0 Å². The van der Waals surface area contributed by atoms with E-state index in [1.807, 2.05) is 12.1 Å². The molecule has 4 rings (SSSR count). The van der Waals surface area contributed by atoms with Crippen LogP contribution in [0.4, 0.5) is 4.39 Å². The number of hydrogen-bond acceptors (Lipinski definition) is 7. The van der Waals surface area contributed by atoms with Crippen molar-refractivity contribution in [2.24, 2.45) is 5.73 Å². The highest BCUT2D eigenvalue weighted by Gasteiger charge is 2.35. The van der Waals surface area contributed by atoms with Gasteiger partial charge in [0.15, 0.2) is 17.3 Å². The Kier molecular flexibility index (Phi) is 4.96. The van der Waals surface area contributed by atoms with Gasteiger partial charge in [0.05, 0.1) is 5.92 Å². The zero-order valence-electron chi connectivity index (χ0n) is 15.5. The second-order valence-electron chi connectivity index (χ2n) is 6.46. The fourth-order valence-corrected chi connectivity index (χ4v) is 3.19. The van der Waals surface area contributed by atoms with Crippen LogP contribution in [0, 0.1) is 17.1 Å². The molecule has 0 fully saturated rings. The van der Waals surface area contributed by atoms with E-state index in [9.17, 15) is 19.6 Å². The number of aliphatic hydroxyl groups excluding tert-OH is 1. The molecule has 7 nitrogen and oxygen atoms in total. The quantitative estimate of drug-likeness (QED) is 0.682. The molecule has 2 aromatic carbocycles. The van der Waals surface area contributed by atoms with Gasteiger partial charge in [0.1, 0.15) is 29.8 Å². The average Bonchev–Trinajstić information content (AvgIpc) is 2.75. The highest BCUT2D eigenvalue weighted by atomic mass is 19.1. The Morgan fingerprint density at radius 3 is 2.63 bits per heavy atom. The number of nitrogens with two attached hydrogens (primary N) is 1. The molecule has 1 aromatic heterocycles. The maximum Gasteiger partial charge on any atom is 0.228 e. The van der Waals surface area contributed by atoms with E-state index in [-0.39, 0.29) is 34.5 Å². The van der Waals surface area contributed by atoms with Crippen molar-refractivity contribution in [3.63, 3.8) is 0 Å². The number of fused-ring (bicyclic) bond motifs is 1. The molecule has 1 atom stereocenters. The second-order valence-corrected chi connectivity index (χ2v) is 6.46. The van der Waals surface area contributed by atoms with Gasteiger partial charge in [-0.15, -0.1) is 0 Å². The number of benzene rings is 2. The van der Waals surface area contributed by atoms with Gasteiger partial charge < -0.3 is 24.7 Å². The third-order valence-electron chi connectivity index (χ3n) is 4.55. The fraction of sp³-hybridized carbons (Fsp3) is 0.0909. The number of para-hydroxylation sites is 1. The molecule has 0 radical (unpaired) electrons. The molecule has 1 aliphatic rings. The number of rotatable bonds is 4. The Bertz CT molecular complexity index is 1240. The minimum absolute atomic E-state index is 0.0155. The highest BCUT2D eigenvalue weighted by Crippen LogP contribution is 2.42. The Hall–Kier alpha value is -4.09. The summed E-state index contributed by atoms with van der Waals surface area (Å²) in [5.74, 6) is -1.76. The molecular formula is C22H15FN2O5. The molecule has 0 spiro atoms. The van der Waals surface area contributed by atoms with Gasteiger partial charge in [0.2, 0.25) is 17.1 Å². The first-order valence-corrected chi connectivity index (χ1v) is 8.89. The zero-order valence-corrected chi connectivity index (χ0v) is 15.5. The van der Waals surface area contributed by atoms with Crippen LogP contribution in [0.5, 0.6) is 17.2 Å². The summed E-state index contributed by atoms with van der Waals surface area (Å²) in [7, 11) is 0. The second kappa shape index (κ2) is 7.73. The Morgan fingerprint density at radius 1 is 1.20 bits per heavy atom. The fourth-order valence-electron chi connectivity index (χ4n) is 3.19.